The second-order valence-corrected chi connectivity index (χ2v) is 5.63. The van der Waals surface area contributed by atoms with Gasteiger partial charge in [0.2, 0.25) is 11.8 Å². The summed E-state index contributed by atoms with van der Waals surface area (Å²) in [5.41, 5.74) is 2.06. The van der Waals surface area contributed by atoms with Gasteiger partial charge in [-0.25, -0.2) is 0 Å². The number of imide groups is 1. The van der Waals surface area contributed by atoms with E-state index in [1.54, 1.807) is 6.20 Å². The Hall–Kier alpha value is -2.76. The van der Waals surface area contributed by atoms with Crippen LogP contribution < -0.4 is 10.2 Å². The highest BCUT2D eigenvalue weighted by molar-refractivity contribution is 6.26. The Labute approximate surface area is 126 Å². The fourth-order valence-corrected chi connectivity index (χ4v) is 3.24. The lowest BCUT2D eigenvalue weighted by Gasteiger charge is -2.29. The highest BCUT2D eigenvalue weighted by Gasteiger charge is 2.41. The van der Waals surface area contributed by atoms with E-state index in [4.69, 9.17) is 0 Å². The molecule has 3 amide bonds. The minimum absolute atomic E-state index is 0.235. The van der Waals surface area contributed by atoms with Crippen molar-refractivity contribution in [3.05, 3.63) is 35.7 Å². The predicted molar refractivity (Wildman–Crippen MR) is 79.5 cm³/mol. The number of pyridine rings is 1. The van der Waals surface area contributed by atoms with Gasteiger partial charge in [0.05, 0.1) is 5.69 Å². The third kappa shape index (κ3) is 1.60. The van der Waals surface area contributed by atoms with Gasteiger partial charge in [-0.3, -0.25) is 29.6 Å². The van der Waals surface area contributed by atoms with Crippen LogP contribution in [0.25, 0.3) is 10.8 Å². The van der Waals surface area contributed by atoms with Gasteiger partial charge in [-0.2, -0.15) is 0 Å². The summed E-state index contributed by atoms with van der Waals surface area (Å²) in [6.45, 7) is 1.94. The molecule has 1 N–H and O–H groups in total. The van der Waals surface area contributed by atoms with E-state index in [1.165, 1.54) is 4.90 Å². The first kappa shape index (κ1) is 12.9. The average Bonchev–Trinajstić information content (AvgIpc) is 2.77. The van der Waals surface area contributed by atoms with Gasteiger partial charge in [-0.05, 0) is 30.4 Å². The first-order valence-corrected chi connectivity index (χ1v) is 7.13. The molecule has 2 aliphatic heterocycles. The Kier molecular flexibility index (Phi) is 2.57. The molecule has 1 saturated heterocycles. The Morgan fingerprint density at radius 3 is 2.86 bits per heavy atom. The molecule has 1 fully saturated rings. The first-order chi connectivity index (χ1) is 10.6. The minimum atomic E-state index is -0.662. The summed E-state index contributed by atoms with van der Waals surface area (Å²) in [5.74, 6) is -0.996. The van der Waals surface area contributed by atoms with Gasteiger partial charge in [0, 0.05) is 18.0 Å². The Morgan fingerprint density at radius 2 is 2.09 bits per heavy atom. The largest absolute Gasteiger partial charge is 0.295 e. The van der Waals surface area contributed by atoms with E-state index in [2.05, 4.69) is 10.3 Å². The number of anilines is 1. The molecule has 1 aromatic carbocycles. The van der Waals surface area contributed by atoms with Crippen LogP contribution in [0.2, 0.25) is 0 Å². The number of hydrogen-bond acceptors (Lipinski definition) is 4. The molecule has 110 valence electrons. The van der Waals surface area contributed by atoms with E-state index in [-0.39, 0.29) is 18.2 Å². The fourth-order valence-electron chi connectivity index (χ4n) is 3.24. The van der Waals surface area contributed by atoms with Crippen molar-refractivity contribution in [1.29, 1.82) is 0 Å². The molecule has 2 aromatic rings. The van der Waals surface area contributed by atoms with Gasteiger partial charge in [0.25, 0.3) is 5.91 Å². The van der Waals surface area contributed by atoms with Gasteiger partial charge in [-0.15, -0.1) is 0 Å². The van der Waals surface area contributed by atoms with Crippen molar-refractivity contribution < 1.29 is 14.4 Å². The van der Waals surface area contributed by atoms with Crippen molar-refractivity contribution in [1.82, 2.24) is 10.3 Å². The van der Waals surface area contributed by atoms with Crippen LogP contribution in [-0.4, -0.2) is 28.7 Å². The molecule has 6 nitrogen and oxygen atoms in total. The number of nitrogens with zero attached hydrogens (tertiary/aromatic N) is 2. The Balaban J connectivity index is 1.89. The lowest BCUT2D eigenvalue weighted by atomic mass is 10.0. The van der Waals surface area contributed by atoms with Crippen LogP contribution in [0.15, 0.2) is 24.4 Å². The number of rotatable bonds is 1. The van der Waals surface area contributed by atoms with E-state index in [9.17, 15) is 14.4 Å². The van der Waals surface area contributed by atoms with Crippen molar-refractivity contribution in [2.75, 3.05) is 4.90 Å². The van der Waals surface area contributed by atoms with Gasteiger partial charge < -0.3 is 0 Å². The van der Waals surface area contributed by atoms with E-state index in [0.29, 0.717) is 17.8 Å². The van der Waals surface area contributed by atoms with E-state index in [1.807, 2.05) is 25.1 Å². The van der Waals surface area contributed by atoms with Crippen molar-refractivity contribution in [2.24, 2.45) is 0 Å². The topological polar surface area (TPSA) is 79.4 Å². The number of piperidine rings is 1. The number of hydrogen-bond donors (Lipinski definition) is 1. The summed E-state index contributed by atoms with van der Waals surface area (Å²) in [5, 5.41) is 4.06. The van der Waals surface area contributed by atoms with Gasteiger partial charge in [0.15, 0.2) is 0 Å². The molecule has 4 rings (SSSR count). The molecule has 1 atom stereocenters. The van der Waals surface area contributed by atoms with Gasteiger partial charge in [-0.1, -0.05) is 12.1 Å². The molecule has 3 heterocycles. The molecule has 0 radical (unpaired) electrons. The summed E-state index contributed by atoms with van der Waals surface area (Å²) in [4.78, 5) is 41.9. The second-order valence-electron chi connectivity index (χ2n) is 5.63. The molecule has 22 heavy (non-hydrogen) atoms. The van der Waals surface area contributed by atoms with Crippen LogP contribution in [0.3, 0.4) is 0 Å². The number of aromatic nitrogens is 1. The van der Waals surface area contributed by atoms with Crippen molar-refractivity contribution >= 4 is 34.2 Å². The van der Waals surface area contributed by atoms with Crippen molar-refractivity contribution in [3.8, 4) is 0 Å². The normalized spacial score (nSPS) is 20.7. The van der Waals surface area contributed by atoms with Gasteiger partial charge in [0.1, 0.15) is 11.7 Å². The van der Waals surface area contributed by atoms with E-state index < -0.39 is 11.9 Å². The molecule has 0 spiro atoms. The second kappa shape index (κ2) is 4.37. The Morgan fingerprint density at radius 1 is 1.27 bits per heavy atom. The summed E-state index contributed by atoms with van der Waals surface area (Å²) < 4.78 is 0. The smallest absolute Gasteiger partial charge is 0.278 e. The maximum atomic E-state index is 12.7. The van der Waals surface area contributed by atoms with Crippen molar-refractivity contribution in [3.63, 3.8) is 0 Å². The highest BCUT2D eigenvalue weighted by atomic mass is 16.2. The quantitative estimate of drug-likeness (QED) is 0.804. The predicted octanol–water partition coefficient (Wildman–Crippen LogP) is 1.31. The van der Waals surface area contributed by atoms with Crippen molar-refractivity contribution in [2.45, 2.75) is 25.8 Å². The van der Waals surface area contributed by atoms with Crippen LogP contribution in [0, 0.1) is 6.92 Å². The number of aryl methyl sites for hydroxylation is 1. The molecule has 6 heteroatoms. The van der Waals surface area contributed by atoms with Crippen LogP contribution >= 0.6 is 0 Å². The molecule has 0 aliphatic carbocycles. The minimum Gasteiger partial charge on any atom is -0.295 e. The number of carbonyl (C=O) groups is 3. The zero-order valence-electron chi connectivity index (χ0n) is 11.9. The van der Waals surface area contributed by atoms with Crippen LogP contribution in [0.4, 0.5) is 5.69 Å². The molecule has 2 aliphatic rings. The summed E-state index contributed by atoms with van der Waals surface area (Å²) >= 11 is 0. The number of benzene rings is 1. The standard InChI is InChI=1S/C16H13N3O3/c1-8-7-17-14-13-9(8)3-2-4-10(13)19(16(14)22)11-5-6-12(20)18-15(11)21/h2-4,7,11H,5-6H2,1H3,(H,18,20,21). The van der Waals surface area contributed by atoms with E-state index >= 15 is 0 Å². The summed E-state index contributed by atoms with van der Waals surface area (Å²) in [6, 6.07) is 4.97. The lowest BCUT2D eigenvalue weighted by molar-refractivity contribution is -0.134. The third-order valence-electron chi connectivity index (χ3n) is 4.29. The molecule has 1 aromatic heterocycles. The average molecular weight is 295 g/mol. The summed E-state index contributed by atoms with van der Waals surface area (Å²) in [7, 11) is 0. The van der Waals surface area contributed by atoms with Gasteiger partial charge >= 0.3 is 0 Å². The van der Waals surface area contributed by atoms with Crippen LogP contribution in [0.5, 0.6) is 0 Å². The van der Waals surface area contributed by atoms with Crippen LogP contribution in [-0.2, 0) is 9.59 Å². The highest BCUT2D eigenvalue weighted by Crippen LogP contribution is 2.39. The molecule has 1 unspecified atom stereocenters. The third-order valence-corrected chi connectivity index (χ3v) is 4.29. The number of carbonyl (C=O) groups excluding carboxylic acids is 3. The fraction of sp³-hybridized carbons (Fsp3) is 0.250. The Bertz CT molecular complexity index is 859. The zero-order valence-corrected chi connectivity index (χ0v) is 11.9. The first-order valence-electron chi connectivity index (χ1n) is 7.13. The maximum absolute atomic E-state index is 12.7. The molecular formula is C16H13N3O3. The van der Waals surface area contributed by atoms with Crippen LogP contribution in [0.1, 0.15) is 28.9 Å². The SMILES string of the molecule is Cc1cnc2c3c(cccc13)N(C1CCC(=O)NC1=O)C2=O. The molecule has 0 saturated carbocycles. The van der Waals surface area contributed by atoms with E-state index in [0.717, 1.165) is 16.3 Å². The number of nitrogens with one attached hydrogen (secondary N) is 1. The lowest BCUT2D eigenvalue weighted by Crippen LogP contribution is -2.53. The molecule has 0 bridgehead atoms. The zero-order chi connectivity index (χ0) is 15.4. The number of amides is 3. The summed E-state index contributed by atoms with van der Waals surface area (Å²) in [6.07, 6.45) is 2.24. The monoisotopic (exact) mass is 295 g/mol. The molecular weight excluding hydrogens is 282 g/mol. The maximum Gasteiger partial charge on any atom is 0.278 e.